The first-order valence-electron chi connectivity index (χ1n) is 9.00. The van der Waals surface area contributed by atoms with Gasteiger partial charge in [0.05, 0.1) is 11.0 Å². The first-order valence-corrected chi connectivity index (χ1v) is 9.00. The molecular weight excluding hydrogens is 288 g/mol. The summed E-state index contributed by atoms with van der Waals surface area (Å²) in [6.07, 6.45) is 8.21. The Kier molecular flexibility index (Phi) is 2.96. The number of hydrogen-bond donors (Lipinski definition) is 2. The number of ketones is 1. The Hall–Kier alpha value is -0.930. The van der Waals surface area contributed by atoms with Crippen LogP contribution in [0.1, 0.15) is 58.8 Å². The maximum absolute atomic E-state index is 13.0. The lowest BCUT2D eigenvalue weighted by Crippen LogP contribution is -2.54. The fraction of sp³-hybridized carbons (Fsp3) is 0.750. The van der Waals surface area contributed by atoms with Gasteiger partial charge in [-0.3, -0.25) is 4.79 Å². The second-order valence-corrected chi connectivity index (χ2v) is 9.09. The molecule has 0 heterocycles. The van der Waals surface area contributed by atoms with E-state index in [9.17, 15) is 15.0 Å². The van der Waals surface area contributed by atoms with Gasteiger partial charge in [-0.05, 0) is 55.3 Å². The van der Waals surface area contributed by atoms with Crippen LogP contribution in [0.15, 0.2) is 23.8 Å². The predicted molar refractivity (Wildman–Crippen MR) is 88.7 cm³/mol. The quantitative estimate of drug-likeness (QED) is 0.577. The minimum absolute atomic E-state index is 0.0322. The standard InChI is InChI=1S/C20H28O3/c1-13-16(22)19-9-5-14-17(2,12-21)7-4-8-18(14,3)15(19)6-10-20(13,23)11-19/h6,14,21,23H,1,4-5,7-12H2,2-3H3/t14-,17-,18-,19-,20+/m1/s1. The van der Waals surface area contributed by atoms with Gasteiger partial charge in [-0.25, -0.2) is 0 Å². The normalized spacial score (nSPS) is 52.0. The van der Waals surface area contributed by atoms with Crippen molar-refractivity contribution in [1.29, 1.82) is 0 Å². The highest BCUT2D eigenvalue weighted by Gasteiger charge is 2.67. The number of aliphatic hydroxyl groups excluding tert-OH is 1. The molecule has 3 saturated carbocycles. The van der Waals surface area contributed by atoms with Crippen molar-refractivity contribution in [2.24, 2.45) is 22.2 Å². The number of aliphatic hydroxyl groups is 2. The number of hydrogen-bond acceptors (Lipinski definition) is 3. The molecular formula is C20H28O3. The molecule has 0 aromatic heterocycles. The summed E-state index contributed by atoms with van der Waals surface area (Å²) in [7, 11) is 0. The lowest BCUT2D eigenvalue weighted by Gasteiger charge is -2.60. The van der Waals surface area contributed by atoms with Crippen LogP contribution in [0.4, 0.5) is 0 Å². The molecule has 1 spiro atoms. The summed E-state index contributed by atoms with van der Waals surface area (Å²) in [5.41, 5.74) is 0.0691. The molecule has 2 bridgehead atoms. The van der Waals surface area contributed by atoms with Gasteiger partial charge >= 0.3 is 0 Å². The molecule has 0 aliphatic heterocycles. The van der Waals surface area contributed by atoms with Gasteiger partial charge in [0.2, 0.25) is 0 Å². The van der Waals surface area contributed by atoms with E-state index in [-0.39, 0.29) is 23.2 Å². The van der Waals surface area contributed by atoms with E-state index in [4.69, 9.17) is 0 Å². The van der Waals surface area contributed by atoms with Gasteiger partial charge in [0.1, 0.15) is 0 Å². The van der Waals surface area contributed by atoms with E-state index >= 15 is 0 Å². The van der Waals surface area contributed by atoms with Crippen LogP contribution in [0.2, 0.25) is 0 Å². The van der Waals surface area contributed by atoms with Crippen molar-refractivity contribution in [3.63, 3.8) is 0 Å². The van der Waals surface area contributed by atoms with Crippen LogP contribution in [-0.4, -0.2) is 28.2 Å². The Morgan fingerprint density at radius 1 is 1.30 bits per heavy atom. The van der Waals surface area contributed by atoms with E-state index in [1.54, 1.807) is 0 Å². The molecule has 4 rings (SSSR count). The molecule has 3 fully saturated rings. The van der Waals surface area contributed by atoms with Gasteiger partial charge in [-0.2, -0.15) is 0 Å². The highest BCUT2D eigenvalue weighted by atomic mass is 16.3. The molecule has 0 unspecified atom stereocenters. The van der Waals surface area contributed by atoms with Gasteiger partial charge in [0.15, 0.2) is 5.78 Å². The average molecular weight is 316 g/mol. The molecule has 23 heavy (non-hydrogen) atoms. The van der Waals surface area contributed by atoms with Gasteiger partial charge in [-0.1, -0.05) is 38.5 Å². The minimum Gasteiger partial charge on any atom is -0.396 e. The molecule has 2 N–H and O–H groups in total. The summed E-state index contributed by atoms with van der Waals surface area (Å²) in [6.45, 7) is 8.67. The summed E-state index contributed by atoms with van der Waals surface area (Å²) in [5, 5.41) is 20.8. The monoisotopic (exact) mass is 316 g/mol. The van der Waals surface area contributed by atoms with E-state index in [1.165, 1.54) is 5.57 Å². The van der Waals surface area contributed by atoms with Crippen LogP contribution < -0.4 is 0 Å². The number of carbonyl (C=O) groups excluding carboxylic acids is 1. The number of allylic oxidation sites excluding steroid dienone is 1. The maximum atomic E-state index is 13.0. The van der Waals surface area contributed by atoms with Gasteiger partial charge in [0.25, 0.3) is 0 Å². The number of Topliss-reactive ketones (excluding diaryl/α,β-unsaturated/α-hetero) is 1. The zero-order chi connectivity index (χ0) is 16.7. The van der Waals surface area contributed by atoms with Crippen LogP contribution in [0.25, 0.3) is 0 Å². The Morgan fingerprint density at radius 3 is 2.74 bits per heavy atom. The maximum Gasteiger partial charge on any atom is 0.171 e. The van der Waals surface area contributed by atoms with Crippen LogP contribution >= 0.6 is 0 Å². The third kappa shape index (κ3) is 1.65. The number of rotatable bonds is 1. The van der Waals surface area contributed by atoms with E-state index < -0.39 is 11.0 Å². The van der Waals surface area contributed by atoms with Crippen LogP contribution in [0.5, 0.6) is 0 Å². The molecule has 4 aliphatic carbocycles. The molecule has 0 radical (unpaired) electrons. The lowest BCUT2D eigenvalue weighted by atomic mass is 9.44. The summed E-state index contributed by atoms with van der Waals surface area (Å²) < 4.78 is 0. The summed E-state index contributed by atoms with van der Waals surface area (Å²) in [5.74, 6) is 0.498. The van der Waals surface area contributed by atoms with Crippen molar-refractivity contribution in [3.05, 3.63) is 23.8 Å². The highest BCUT2D eigenvalue weighted by molar-refractivity contribution is 6.07. The third-order valence-electron chi connectivity index (χ3n) is 7.91. The first-order chi connectivity index (χ1) is 10.7. The van der Waals surface area contributed by atoms with Crippen LogP contribution in [0, 0.1) is 22.2 Å². The molecule has 0 aromatic carbocycles. The van der Waals surface area contributed by atoms with Crippen LogP contribution in [0.3, 0.4) is 0 Å². The van der Waals surface area contributed by atoms with Crippen molar-refractivity contribution >= 4 is 5.78 Å². The Balaban J connectivity index is 1.85. The molecule has 0 saturated heterocycles. The first kappa shape index (κ1) is 15.6. The van der Waals surface area contributed by atoms with Crippen LogP contribution in [-0.2, 0) is 4.79 Å². The number of carbonyl (C=O) groups is 1. The van der Waals surface area contributed by atoms with E-state index in [2.05, 4.69) is 26.5 Å². The molecule has 5 atom stereocenters. The fourth-order valence-corrected chi connectivity index (χ4v) is 6.73. The zero-order valence-corrected chi connectivity index (χ0v) is 14.3. The zero-order valence-electron chi connectivity index (χ0n) is 14.3. The van der Waals surface area contributed by atoms with E-state index in [1.807, 2.05) is 0 Å². The second kappa shape index (κ2) is 4.37. The van der Waals surface area contributed by atoms with E-state index in [0.29, 0.717) is 24.3 Å². The predicted octanol–water partition coefficient (Wildman–Crippen LogP) is 3.16. The summed E-state index contributed by atoms with van der Waals surface area (Å²) in [4.78, 5) is 13.0. The van der Waals surface area contributed by atoms with Gasteiger partial charge < -0.3 is 10.2 Å². The van der Waals surface area contributed by atoms with Crippen molar-refractivity contribution < 1.29 is 15.0 Å². The second-order valence-electron chi connectivity index (χ2n) is 9.09. The molecule has 3 nitrogen and oxygen atoms in total. The molecule has 4 aliphatic rings. The fourth-order valence-electron chi connectivity index (χ4n) is 6.73. The summed E-state index contributed by atoms with van der Waals surface area (Å²) in [6, 6.07) is 0. The SMILES string of the molecule is C=C1C(=O)[C@@]23CC[C@@H]4[C@@](C)(CO)CCC[C@@]4(C)C2=CC[C@]1(O)C3. The van der Waals surface area contributed by atoms with Gasteiger partial charge in [-0.15, -0.1) is 0 Å². The largest absolute Gasteiger partial charge is 0.396 e. The Labute approximate surface area is 138 Å². The molecule has 0 amide bonds. The topological polar surface area (TPSA) is 57.5 Å². The lowest BCUT2D eigenvalue weighted by molar-refractivity contribution is -0.128. The Bertz CT molecular complexity index is 635. The third-order valence-corrected chi connectivity index (χ3v) is 7.91. The minimum atomic E-state index is -1.02. The molecule has 126 valence electrons. The smallest absolute Gasteiger partial charge is 0.171 e. The molecule has 3 heteroatoms. The van der Waals surface area contributed by atoms with Crippen molar-refractivity contribution in [2.75, 3.05) is 6.61 Å². The van der Waals surface area contributed by atoms with Crippen molar-refractivity contribution in [3.8, 4) is 0 Å². The van der Waals surface area contributed by atoms with Crippen molar-refractivity contribution in [2.45, 2.75) is 64.4 Å². The average Bonchev–Trinajstić information content (AvgIpc) is 2.65. The van der Waals surface area contributed by atoms with Gasteiger partial charge in [0, 0.05) is 12.2 Å². The van der Waals surface area contributed by atoms with E-state index in [0.717, 1.165) is 32.1 Å². The Morgan fingerprint density at radius 2 is 2.04 bits per heavy atom. The highest BCUT2D eigenvalue weighted by Crippen LogP contribution is 2.69. The summed E-state index contributed by atoms with van der Waals surface area (Å²) >= 11 is 0. The number of fused-ring (bicyclic) bond motifs is 3. The van der Waals surface area contributed by atoms with Crippen molar-refractivity contribution in [1.82, 2.24) is 0 Å². The molecule has 0 aromatic rings.